The Balaban J connectivity index is 2.15. The summed E-state index contributed by atoms with van der Waals surface area (Å²) in [5.74, 6) is -0.206. The molecular weight excluding hydrogens is 349 g/mol. The lowest BCUT2D eigenvalue weighted by atomic mass is 10.2. The molecule has 0 aliphatic carbocycles. The van der Waals surface area contributed by atoms with E-state index in [1.807, 2.05) is 0 Å². The number of hydroxylamine groups is 1. The van der Waals surface area contributed by atoms with Gasteiger partial charge in [-0.05, 0) is 13.0 Å². The Hall–Kier alpha value is -1.85. The summed E-state index contributed by atoms with van der Waals surface area (Å²) >= 11 is 0. The lowest BCUT2D eigenvalue weighted by Crippen LogP contribution is -2.34. The average Bonchev–Trinajstić information content (AvgIpc) is 3.29. The summed E-state index contributed by atoms with van der Waals surface area (Å²) in [5.41, 5.74) is 7.17. The number of guanidine groups is 1. The molecule has 1 aliphatic heterocycles. The molecule has 11 heteroatoms. The second-order valence-corrected chi connectivity index (χ2v) is 7.53. The van der Waals surface area contributed by atoms with Crippen molar-refractivity contribution in [1.82, 2.24) is 10.5 Å². The van der Waals surface area contributed by atoms with Crippen molar-refractivity contribution in [3.63, 3.8) is 0 Å². The van der Waals surface area contributed by atoms with Crippen LogP contribution in [0.2, 0.25) is 0 Å². The Morgan fingerprint density at radius 1 is 1.58 bits per heavy atom. The highest BCUT2D eigenvalue weighted by Gasteiger charge is 2.32. The van der Waals surface area contributed by atoms with Crippen molar-refractivity contribution in [1.29, 1.82) is 0 Å². The van der Waals surface area contributed by atoms with E-state index in [9.17, 15) is 17.4 Å². The van der Waals surface area contributed by atoms with Crippen LogP contribution in [0.4, 0.5) is 13.2 Å². The van der Waals surface area contributed by atoms with Crippen LogP contribution in [0.25, 0.3) is 0 Å². The van der Waals surface area contributed by atoms with Crippen LogP contribution in [0, 0.1) is 0 Å². The van der Waals surface area contributed by atoms with Crippen molar-refractivity contribution in [2.45, 2.75) is 19.2 Å². The second-order valence-electron chi connectivity index (χ2n) is 5.13. The van der Waals surface area contributed by atoms with Crippen molar-refractivity contribution < 1.29 is 27.0 Å². The van der Waals surface area contributed by atoms with Gasteiger partial charge in [-0.15, -0.1) is 0 Å². The molecule has 2 heterocycles. The topological polar surface area (TPSA) is 102 Å². The summed E-state index contributed by atoms with van der Waals surface area (Å²) in [4.78, 5) is 8.58. The zero-order valence-corrected chi connectivity index (χ0v) is 13.8. The quantitative estimate of drug-likeness (QED) is 0.199. The third-order valence-electron chi connectivity index (χ3n) is 3.15. The number of aromatic nitrogens is 1. The van der Waals surface area contributed by atoms with E-state index in [0.717, 1.165) is 12.3 Å². The predicted molar refractivity (Wildman–Crippen MR) is 83.5 cm³/mol. The van der Waals surface area contributed by atoms with Crippen molar-refractivity contribution in [3.8, 4) is 0 Å². The van der Waals surface area contributed by atoms with Crippen LogP contribution in [-0.4, -0.2) is 45.6 Å². The molecule has 1 aliphatic rings. The first-order valence-electron chi connectivity index (χ1n) is 6.81. The number of hydrogen-bond donors (Lipinski definition) is 2. The lowest BCUT2D eigenvalue weighted by molar-refractivity contribution is -0.141. The van der Waals surface area contributed by atoms with Crippen molar-refractivity contribution in [3.05, 3.63) is 29.6 Å². The first-order chi connectivity index (χ1) is 11.1. The van der Waals surface area contributed by atoms with Gasteiger partial charge < -0.3 is 10.5 Å². The maximum absolute atomic E-state index is 12.6. The molecule has 3 N–H and O–H groups in total. The van der Waals surface area contributed by atoms with Gasteiger partial charge in [0.2, 0.25) is 5.96 Å². The number of nitrogens with zero attached hydrogens (tertiary/aromatic N) is 2. The summed E-state index contributed by atoms with van der Waals surface area (Å²) in [6, 6.07) is 2.01. The Morgan fingerprint density at radius 2 is 2.25 bits per heavy atom. The number of nitrogens with one attached hydrogen (secondary N) is 1. The van der Waals surface area contributed by atoms with Crippen LogP contribution in [0.15, 0.2) is 22.7 Å². The van der Waals surface area contributed by atoms with Crippen LogP contribution < -0.4 is 11.2 Å². The van der Waals surface area contributed by atoms with Gasteiger partial charge in [0, 0.05) is 22.9 Å². The summed E-state index contributed by atoms with van der Waals surface area (Å²) in [7, 11) is -2.96. The smallest absolute Gasteiger partial charge is 0.371 e. The largest absolute Gasteiger partial charge is 0.433 e. The van der Waals surface area contributed by atoms with Crippen molar-refractivity contribution in [2.24, 2.45) is 10.1 Å². The number of hydrogen-bond acceptors (Lipinski definition) is 4. The van der Waals surface area contributed by atoms with Crippen LogP contribution in [0.1, 0.15) is 18.2 Å². The molecule has 1 fully saturated rings. The van der Waals surface area contributed by atoms with E-state index in [1.165, 1.54) is 19.2 Å². The minimum Gasteiger partial charge on any atom is -0.371 e. The normalized spacial score (nSPS) is 20.4. The molecule has 1 saturated heterocycles. The van der Waals surface area contributed by atoms with Crippen molar-refractivity contribution >= 4 is 20.5 Å². The Morgan fingerprint density at radius 3 is 2.75 bits per heavy atom. The number of halogens is 3. The standard InChI is InChI=1S/C13H17F3N4O3S/c1-8(9-3-4-11(18-5-9)13(14,15)16)24(2,21)20-12(17)19-23-7-10-6-22-10/h3-5,10H,6-7H2,1-2H3,(H3,17,19,20,21). The monoisotopic (exact) mass is 366 g/mol. The maximum atomic E-state index is 12.6. The van der Waals surface area contributed by atoms with E-state index < -0.39 is 21.6 Å². The summed E-state index contributed by atoms with van der Waals surface area (Å²) in [5, 5.41) is 0. The highest BCUT2D eigenvalue weighted by atomic mass is 32.2. The first kappa shape index (κ1) is 18.5. The molecular formula is C13H17F3N4O3S. The van der Waals surface area contributed by atoms with Gasteiger partial charge in [-0.1, -0.05) is 6.07 Å². The molecule has 0 spiro atoms. The number of epoxide rings is 1. The molecule has 0 aromatic carbocycles. The minimum absolute atomic E-state index is 0.0165. The van der Waals surface area contributed by atoms with Gasteiger partial charge in [-0.2, -0.15) is 17.6 Å². The number of alkyl halides is 3. The SMILES string of the molecule is CC(c1ccc(C(F)(F)F)nc1)=S(C)(=O)N=C(N)NOCC1CO1. The fourth-order valence-electron chi connectivity index (χ4n) is 1.64. The highest BCUT2D eigenvalue weighted by molar-refractivity contribution is 8.01. The van der Waals surface area contributed by atoms with Gasteiger partial charge in [-0.3, -0.25) is 9.82 Å². The molecule has 2 atom stereocenters. The van der Waals surface area contributed by atoms with Gasteiger partial charge >= 0.3 is 6.18 Å². The molecule has 0 amide bonds. The second kappa shape index (κ2) is 6.95. The van der Waals surface area contributed by atoms with Crippen molar-refractivity contribution in [2.75, 3.05) is 19.5 Å². The van der Waals surface area contributed by atoms with Gasteiger partial charge in [0.25, 0.3) is 0 Å². The predicted octanol–water partition coefficient (Wildman–Crippen LogP) is 0.705. The number of rotatable bonds is 5. The van der Waals surface area contributed by atoms with E-state index >= 15 is 0 Å². The maximum Gasteiger partial charge on any atom is 0.433 e. The number of ether oxygens (including phenoxy) is 1. The Labute approximate surface area is 137 Å². The summed E-state index contributed by atoms with van der Waals surface area (Å²) < 4.78 is 58.9. The molecule has 134 valence electrons. The Bertz CT molecular complexity index is 736. The molecule has 1 aromatic rings. The van der Waals surface area contributed by atoms with E-state index in [0.29, 0.717) is 6.61 Å². The van der Waals surface area contributed by atoms with E-state index in [2.05, 4.69) is 14.9 Å². The minimum atomic E-state index is -4.53. The fourth-order valence-corrected chi connectivity index (χ4v) is 2.74. The van der Waals surface area contributed by atoms with E-state index in [-0.39, 0.29) is 29.1 Å². The third-order valence-corrected chi connectivity index (χ3v) is 5.07. The van der Waals surface area contributed by atoms with Gasteiger partial charge in [0.05, 0.1) is 16.3 Å². The molecule has 2 unspecified atom stereocenters. The molecule has 2 rings (SSSR count). The molecule has 7 nitrogen and oxygen atoms in total. The van der Waals surface area contributed by atoms with E-state index in [1.54, 1.807) is 0 Å². The average molecular weight is 366 g/mol. The van der Waals surface area contributed by atoms with E-state index in [4.69, 9.17) is 15.3 Å². The fraction of sp³-hybridized carbons (Fsp3) is 0.462. The summed E-state index contributed by atoms with van der Waals surface area (Å²) in [6.07, 6.45) is -2.20. The zero-order chi connectivity index (χ0) is 18.0. The van der Waals surface area contributed by atoms with Crippen LogP contribution in [0.3, 0.4) is 0 Å². The molecule has 24 heavy (non-hydrogen) atoms. The van der Waals surface area contributed by atoms with Gasteiger partial charge in [-0.25, -0.2) is 9.69 Å². The highest BCUT2D eigenvalue weighted by Crippen LogP contribution is 2.27. The van der Waals surface area contributed by atoms with Crippen LogP contribution in [-0.2, 0) is 25.5 Å². The lowest BCUT2D eigenvalue weighted by Gasteiger charge is -2.10. The number of nitrogens with two attached hydrogens (primary N) is 1. The molecule has 0 bridgehead atoms. The molecule has 1 aromatic heterocycles. The van der Waals surface area contributed by atoms with Crippen LogP contribution in [0.5, 0.6) is 0 Å². The zero-order valence-electron chi connectivity index (χ0n) is 13.0. The van der Waals surface area contributed by atoms with Gasteiger partial charge in [0.1, 0.15) is 18.4 Å². The Kier molecular flexibility index (Phi) is 5.35. The number of pyridine rings is 1. The summed E-state index contributed by atoms with van der Waals surface area (Å²) in [6.45, 7) is 2.37. The van der Waals surface area contributed by atoms with Gasteiger partial charge in [0.15, 0.2) is 0 Å². The van der Waals surface area contributed by atoms with Crippen LogP contribution >= 0.6 is 0 Å². The third kappa shape index (κ3) is 5.08. The molecule has 0 saturated carbocycles. The first-order valence-corrected chi connectivity index (χ1v) is 8.73. The molecule has 0 radical (unpaired) electrons.